The summed E-state index contributed by atoms with van der Waals surface area (Å²) in [6.45, 7) is 1.61. The zero-order valence-electron chi connectivity index (χ0n) is 7.67. The second-order valence-corrected chi connectivity index (χ2v) is 3.67. The predicted molar refractivity (Wildman–Crippen MR) is 41.2 cm³/mol. The predicted octanol–water partition coefficient (Wildman–Crippen LogP) is 2.71. The molecule has 1 fully saturated rings. The lowest BCUT2D eigenvalue weighted by atomic mass is 9.95. The third-order valence-corrected chi connectivity index (χ3v) is 2.43. The standard InChI is InChI=1S/C8H12F5N/c1-5-3-2-4-6(14-5)7(9,10)8(11,12)13/h5-6,14H,2-4H2,1H3/t5-,6-/m1/s1. The molecule has 0 amide bonds. The molecule has 1 heterocycles. The van der Waals surface area contributed by atoms with Crippen molar-refractivity contribution in [1.29, 1.82) is 0 Å². The van der Waals surface area contributed by atoms with Crippen LogP contribution in [0.1, 0.15) is 26.2 Å². The number of piperidine rings is 1. The van der Waals surface area contributed by atoms with Crippen LogP contribution >= 0.6 is 0 Å². The highest BCUT2D eigenvalue weighted by atomic mass is 19.4. The minimum absolute atomic E-state index is 0.128. The summed E-state index contributed by atoms with van der Waals surface area (Å²) in [5.74, 6) is -4.62. The van der Waals surface area contributed by atoms with Crippen LogP contribution in [0.4, 0.5) is 22.0 Å². The molecule has 84 valence electrons. The van der Waals surface area contributed by atoms with Crippen LogP contribution in [-0.4, -0.2) is 24.2 Å². The average molecular weight is 217 g/mol. The van der Waals surface area contributed by atoms with Crippen molar-refractivity contribution in [3.05, 3.63) is 0 Å². The summed E-state index contributed by atoms with van der Waals surface area (Å²) in [6, 6.07) is -2.05. The van der Waals surface area contributed by atoms with Crippen LogP contribution in [0.25, 0.3) is 0 Å². The first-order valence-corrected chi connectivity index (χ1v) is 4.45. The van der Waals surface area contributed by atoms with E-state index < -0.39 is 18.1 Å². The lowest BCUT2D eigenvalue weighted by Gasteiger charge is -2.35. The first kappa shape index (κ1) is 11.7. The van der Waals surface area contributed by atoms with Gasteiger partial charge in [-0.3, -0.25) is 0 Å². The van der Waals surface area contributed by atoms with Gasteiger partial charge in [-0.05, 0) is 19.8 Å². The number of nitrogens with one attached hydrogen (secondary N) is 1. The summed E-state index contributed by atoms with van der Waals surface area (Å²) in [5.41, 5.74) is 0. The zero-order valence-corrected chi connectivity index (χ0v) is 7.67. The lowest BCUT2D eigenvalue weighted by molar-refractivity contribution is -0.295. The highest BCUT2D eigenvalue weighted by Gasteiger charge is 2.62. The van der Waals surface area contributed by atoms with Gasteiger partial charge in [-0.15, -0.1) is 0 Å². The molecule has 1 aliphatic rings. The summed E-state index contributed by atoms with van der Waals surface area (Å²) in [4.78, 5) is 0. The molecular formula is C8H12F5N. The van der Waals surface area contributed by atoms with Gasteiger partial charge in [-0.25, -0.2) is 0 Å². The molecule has 6 heteroatoms. The fraction of sp³-hybridized carbons (Fsp3) is 1.00. The molecule has 0 aliphatic carbocycles. The van der Waals surface area contributed by atoms with Crippen molar-refractivity contribution in [3.8, 4) is 0 Å². The minimum Gasteiger partial charge on any atom is -0.306 e. The van der Waals surface area contributed by atoms with Gasteiger partial charge in [0.2, 0.25) is 0 Å². The van der Waals surface area contributed by atoms with Gasteiger partial charge in [0.05, 0.1) is 6.04 Å². The Hall–Kier alpha value is -0.390. The van der Waals surface area contributed by atoms with Gasteiger partial charge >= 0.3 is 12.1 Å². The number of hydrogen-bond donors (Lipinski definition) is 1. The lowest BCUT2D eigenvalue weighted by Crippen LogP contribution is -2.57. The first-order chi connectivity index (χ1) is 6.25. The van der Waals surface area contributed by atoms with E-state index >= 15 is 0 Å². The molecule has 0 bridgehead atoms. The largest absolute Gasteiger partial charge is 0.454 e. The maximum absolute atomic E-state index is 12.8. The zero-order chi connectivity index (χ0) is 11.0. The van der Waals surface area contributed by atoms with E-state index in [4.69, 9.17) is 0 Å². The summed E-state index contributed by atoms with van der Waals surface area (Å²) < 4.78 is 61.5. The molecule has 1 N–H and O–H groups in total. The van der Waals surface area contributed by atoms with E-state index in [9.17, 15) is 22.0 Å². The first-order valence-electron chi connectivity index (χ1n) is 4.45. The van der Waals surface area contributed by atoms with Gasteiger partial charge in [0.15, 0.2) is 0 Å². The van der Waals surface area contributed by atoms with E-state index in [1.54, 1.807) is 6.92 Å². The van der Waals surface area contributed by atoms with Gasteiger partial charge in [-0.1, -0.05) is 6.42 Å². The molecule has 0 radical (unpaired) electrons. The van der Waals surface area contributed by atoms with E-state index in [0.717, 1.165) is 0 Å². The Morgan fingerprint density at radius 3 is 2.07 bits per heavy atom. The summed E-state index contributed by atoms with van der Waals surface area (Å²) in [6.07, 6.45) is -4.53. The van der Waals surface area contributed by atoms with Gasteiger partial charge in [-0.2, -0.15) is 22.0 Å². The van der Waals surface area contributed by atoms with Crippen molar-refractivity contribution in [1.82, 2.24) is 5.32 Å². The smallest absolute Gasteiger partial charge is 0.306 e. The van der Waals surface area contributed by atoms with Crippen LogP contribution in [0.3, 0.4) is 0 Å². The van der Waals surface area contributed by atoms with Crippen LogP contribution in [0.2, 0.25) is 0 Å². The Bertz CT molecular complexity index is 200. The number of alkyl halides is 5. The molecule has 0 aromatic heterocycles. The summed E-state index contributed by atoms with van der Waals surface area (Å²) >= 11 is 0. The fourth-order valence-corrected chi connectivity index (χ4v) is 1.62. The van der Waals surface area contributed by atoms with Crippen molar-refractivity contribution in [3.63, 3.8) is 0 Å². The molecule has 2 atom stereocenters. The average Bonchev–Trinajstić information content (AvgIpc) is 2.02. The van der Waals surface area contributed by atoms with E-state index in [2.05, 4.69) is 5.32 Å². The van der Waals surface area contributed by atoms with Crippen molar-refractivity contribution in [2.24, 2.45) is 0 Å². The van der Waals surface area contributed by atoms with Crippen LogP contribution in [0.15, 0.2) is 0 Å². The second kappa shape index (κ2) is 3.64. The van der Waals surface area contributed by atoms with Gasteiger partial charge in [0, 0.05) is 6.04 Å². The van der Waals surface area contributed by atoms with Crippen molar-refractivity contribution >= 4 is 0 Å². The Morgan fingerprint density at radius 2 is 1.64 bits per heavy atom. The van der Waals surface area contributed by atoms with Crippen molar-refractivity contribution in [2.75, 3.05) is 0 Å². The fourth-order valence-electron chi connectivity index (χ4n) is 1.62. The molecule has 0 spiro atoms. The topological polar surface area (TPSA) is 12.0 Å². The van der Waals surface area contributed by atoms with Gasteiger partial charge < -0.3 is 5.32 Å². The number of halogens is 5. The van der Waals surface area contributed by atoms with E-state index in [0.29, 0.717) is 12.8 Å². The van der Waals surface area contributed by atoms with Crippen LogP contribution in [-0.2, 0) is 0 Å². The Balaban J connectivity index is 2.71. The Kier molecular flexibility index (Phi) is 3.04. The van der Waals surface area contributed by atoms with Crippen LogP contribution < -0.4 is 5.32 Å². The van der Waals surface area contributed by atoms with E-state index in [-0.39, 0.29) is 12.5 Å². The van der Waals surface area contributed by atoms with Crippen LogP contribution in [0.5, 0.6) is 0 Å². The van der Waals surface area contributed by atoms with Crippen molar-refractivity contribution in [2.45, 2.75) is 50.4 Å². The normalized spacial score (nSPS) is 30.4. The maximum atomic E-state index is 12.8. The summed E-state index contributed by atoms with van der Waals surface area (Å²) in [5, 5.41) is 2.29. The molecule has 1 saturated heterocycles. The number of hydrogen-bond acceptors (Lipinski definition) is 1. The molecule has 1 aliphatic heterocycles. The quantitative estimate of drug-likeness (QED) is 0.666. The van der Waals surface area contributed by atoms with Gasteiger partial charge in [0.1, 0.15) is 0 Å². The maximum Gasteiger partial charge on any atom is 0.454 e. The van der Waals surface area contributed by atoms with Crippen LogP contribution in [0, 0.1) is 0 Å². The number of rotatable bonds is 1. The highest BCUT2D eigenvalue weighted by molar-refractivity contribution is 4.93. The monoisotopic (exact) mass is 217 g/mol. The molecule has 0 unspecified atom stereocenters. The Morgan fingerprint density at radius 1 is 1.07 bits per heavy atom. The molecule has 0 aromatic carbocycles. The highest BCUT2D eigenvalue weighted by Crippen LogP contribution is 2.40. The molecule has 1 rings (SSSR count). The summed E-state index contributed by atoms with van der Waals surface area (Å²) in [7, 11) is 0. The van der Waals surface area contributed by atoms with E-state index in [1.807, 2.05) is 0 Å². The van der Waals surface area contributed by atoms with E-state index in [1.165, 1.54) is 0 Å². The minimum atomic E-state index is -5.46. The molecule has 0 saturated carbocycles. The molecule has 0 aromatic rings. The third kappa shape index (κ3) is 2.16. The molecule has 14 heavy (non-hydrogen) atoms. The van der Waals surface area contributed by atoms with Crippen molar-refractivity contribution < 1.29 is 22.0 Å². The van der Waals surface area contributed by atoms with Gasteiger partial charge in [0.25, 0.3) is 0 Å². The third-order valence-electron chi connectivity index (χ3n) is 2.43. The second-order valence-electron chi connectivity index (χ2n) is 3.67. The Labute approximate surface area is 78.7 Å². The molecular weight excluding hydrogens is 205 g/mol. The SMILES string of the molecule is C[C@@H]1CCC[C@H](C(F)(F)C(F)(F)F)N1. The molecule has 1 nitrogen and oxygen atoms in total.